The Bertz CT molecular complexity index is 341. The molecule has 0 saturated heterocycles. The first-order chi connectivity index (χ1) is 7.76. The SMILES string of the molecule is CCC(O)CCCNCc1ccc(C#N)o1. The summed E-state index contributed by atoms with van der Waals surface area (Å²) in [6, 6.07) is 5.41. The Morgan fingerprint density at radius 2 is 2.38 bits per heavy atom. The van der Waals surface area contributed by atoms with Gasteiger partial charge in [-0.25, -0.2) is 0 Å². The van der Waals surface area contributed by atoms with Crippen LogP contribution in [-0.4, -0.2) is 17.8 Å². The minimum atomic E-state index is -0.185. The highest BCUT2D eigenvalue weighted by Crippen LogP contribution is 2.06. The van der Waals surface area contributed by atoms with E-state index in [-0.39, 0.29) is 6.10 Å². The largest absolute Gasteiger partial charge is 0.449 e. The molecule has 0 aliphatic heterocycles. The lowest BCUT2D eigenvalue weighted by molar-refractivity contribution is 0.157. The number of aliphatic hydroxyl groups is 1. The minimum Gasteiger partial charge on any atom is -0.449 e. The van der Waals surface area contributed by atoms with E-state index in [0.29, 0.717) is 12.3 Å². The molecule has 1 aromatic heterocycles. The summed E-state index contributed by atoms with van der Waals surface area (Å²) >= 11 is 0. The zero-order valence-electron chi connectivity index (χ0n) is 9.57. The van der Waals surface area contributed by atoms with Crippen LogP contribution in [-0.2, 0) is 6.54 Å². The lowest BCUT2D eigenvalue weighted by atomic mass is 10.1. The number of aliphatic hydroxyl groups excluding tert-OH is 1. The van der Waals surface area contributed by atoms with E-state index in [9.17, 15) is 5.11 Å². The van der Waals surface area contributed by atoms with E-state index < -0.39 is 0 Å². The molecule has 1 aromatic rings. The van der Waals surface area contributed by atoms with Crippen molar-refractivity contribution >= 4 is 0 Å². The predicted octanol–water partition coefficient (Wildman–Crippen LogP) is 1.79. The summed E-state index contributed by atoms with van der Waals surface area (Å²) in [5.74, 6) is 1.12. The van der Waals surface area contributed by atoms with Crippen LogP contribution in [0.1, 0.15) is 37.7 Å². The normalized spacial score (nSPS) is 12.3. The molecule has 0 bridgehead atoms. The zero-order chi connectivity index (χ0) is 11.8. The van der Waals surface area contributed by atoms with Crippen molar-refractivity contribution in [2.75, 3.05) is 6.54 Å². The van der Waals surface area contributed by atoms with E-state index in [1.54, 1.807) is 12.1 Å². The van der Waals surface area contributed by atoms with Crippen molar-refractivity contribution in [1.29, 1.82) is 5.26 Å². The Labute approximate surface area is 95.9 Å². The van der Waals surface area contributed by atoms with Crippen molar-refractivity contribution < 1.29 is 9.52 Å². The predicted molar refractivity (Wildman–Crippen MR) is 60.7 cm³/mol. The molecular weight excluding hydrogens is 204 g/mol. The number of nitriles is 1. The van der Waals surface area contributed by atoms with Gasteiger partial charge in [0.05, 0.1) is 12.6 Å². The molecule has 4 nitrogen and oxygen atoms in total. The molecule has 1 rings (SSSR count). The van der Waals surface area contributed by atoms with Gasteiger partial charge < -0.3 is 14.8 Å². The van der Waals surface area contributed by atoms with Crippen LogP contribution in [0.25, 0.3) is 0 Å². The van der Waals surface area contributed by atoms with Gasteiger partial charge in [0.25, 0.3) is 0 Å². The third-order valence-electron chi connectivity index (χ3n) is 2.43. The van der Waals surface area contributed by atoms with Crippen LogP contribution < -0.4 is 5.32 Å². The summed E-state index contributed by atoms with van der Waals surface area (Å²) in [7, 11) is 0. The van der Waals surface area contributed by atoms with E-state index in [1.807, 2.05) is 13.0 Å². The average molecular weight is 222 g/mol. The number of nitrogens with zero attached hydrogens (tertiary/aromatic N) is 1. The Kier molecular flexibility index (Phi) is 5.62. The zero-order valence-corrected chi connectivity index (χ0v) is 9.57. The van der Waals surface area contributed by atoms with E-state index in [0.717, 1.165) is 31.6 Å². The summed E-state index contributed by atoms with van der Waals surface area (Å²) in [4.78, 5) is 0. The fourth-order valence-electron chi connectivity index (χ4n) is 1.41. The summed E-state index contributed by atoms with van der Waals surface area (Å²) in [6.45, 7) is 3.45. The van der Waals surface area contributed by atoms with Gasteiger partial charge in [-0.1, -0.05) is 6.92 Å². The van der Waals surface area contributed by atoms with Gasteiger partial charge in [0, 0.05) is 0 Å². The smallest absolute Gasteiger partial charge is 0.203 e. The Morgan fingerprint density at radius 3 is 3.00 bits per heavy atom. The molecule has 16 heavy (non-hydrogen) atoms. The number of nitrogens with one attached hydrogen (secondary N) is 1. The van der Waals surface area contributed by atoms with Crippen LogP contribution in [0.4, 0.5) is 0 Å². The molecule has 0 aliphatic carbocycles. The number of hydrogen-bond acceptors (Lipinski definition) is 4. The molecule has 0 fully saturated rings. The van der Waals surface area contributed by atoms with Crippen molar-refractivity contribution in [1.82, 2.24) is 5.32 Å². The third-order valence-corrected chi connectivity index (χ3v) is 2.43. The number of hydrogen-bond donors (Lipinski definition) is 2. The van der Waals surface area contributed by atoms with Crippen LogP contribution in [0.15, 0.2) is 16.5 Å². The van der Waals surface area contributed by atoms with E-state index in [4.69, 9.17) is 9.68 Å². The Morgan fingerprint density at radius 1 is 1.56 bits per heavy atom. The van der Waals surface area contributed by atoms with Crippen LogP contribution in [0.2, 0.25) is 0 Å². The highest BCUT2D eigenvalue weighted by molar-refractivity contribution is 5.18. The minimum absolute atomic E-state index is 0.185. The number of rotatable bonds is 7. The van der Waals surface area contributed by atoms with Crippen molar-refractivity contribution in [3.8, 4) is 6.07 Å². The van der Waals surface area contributed by atoms with E-state index >= 15 is 0 Å². The molecule has 2 N–H and O–H groups in total. The summed E-state index contributed by atoms with van der Waals surface area (Å²) in [5, 5.41) is 21.1. The second kappa shape index (κ2) is 7.04. The summed E-state index contributed by atoms with van der Waals surface area (Å²) in [5.41, 5.74) is 0. The van der Waals surface area contributed by atoms with Crippen LogP contribution in [0, 0.1) is 11.3 Å². The molecule has 1 unspecified atom stereocenters. The summed E-state index contributed by atoms with van der Waals surface area (Å²) < 4.78 is 5.21. The number of furan rings is 1. The molecule has 0 aliphatic rings. The van der Waals surface area contributed by atoms with Gasteiger partial charge in [-0.3, -0.25) is 0 Å². The molecular formula is C12H18N2O2. The highest BCUT2D eigenvalue weighted by atomic mass is 16.3. The Balaban J connectivity index is 2.09. The fraction of sp³-hybridized carbons (Fsp3) is 0.583. The maximum atomic E-state index is 9.33. The van der Waals surface area contributed by atoms with Gasteiger partial charge in [0.1, 0.15) is 11.8 Å². The molecule has 4 heteroatoms. The maximum absolute atomic E-state index is 9.33. The van der Waals surface area contributed by atoms with Crippen molar-refractivity contribution in [3.63, 3.8) is 0 Å². The van der Waals surface area contributed by atoms with Crippen LogP contribution in [0.5, 0.6) is 0 Å². The lowest BCUT2D eigenvalue weighted by Gasteiger charge is -2.07. The molecule has 88 valence electrons. The molecule has 0 aromatic carbocycles. The van der Waals surface area contributed by atoms with E-state index in [1.165, 1.54) is 0 Å². The highest BCUT2D eigenvalue weighted by Gasteiger charge is 2.01. The summed E-state index contributed by atoms with van der Waals surface area (Å²) in [6.07, 6.45) is 2.39. The van der Waals surface area contributed by atoms with Gasteiger partial charge in [-0.15, -0.1) is 0 Å². The maximum Gasteiger partial charge on any atom is 0.203 e. The molecule has 0 saturated carbocycles. The van der Waals surface area contributed by atoms with Crippen LogP contribution in [0.3, 0.4) is 0 Å². The lowest BCUT2D eigenvalue weighted by Crippen LogP contribution is -2.16. The third kappa shape index (κ3) is 4.47. The fourth-order valence-corrected chi connectivity index (χ4v) is 1.41. The van der Waals surface area contributed by atoms with E-state index in [2.05, 4.69) is 5.32 Å². The molecule has 0 amide bonds. The van der Waals surface area contributed by atoms with Crippen molar-refractivity contribution in [2.45, 2.75) is 38.8 Å². The van der Waals surface area contributed by atoms with Crippen molar-refractivity contribution in [3.05, 3.63) is 23.7 Å². The topological polar surface area (TPSA) is 69.2 Å². The standard InChI is InChI=1S/C12H18N2O2/c1-2-10(15)4-3-7-14-9-12-6-5-11(8-13)16-12/h5-6,10,14-15H,2-4,7,9H2,1H3. The average Bonchev–Trinajstić information content (AvgIpc) is 2.76. The molecule has 0 radical (unpaired) electrons. The van der Waals surface area contributed by atoms with Gasteiger partial charge in [-0.05, 0) is 37.9 Å². The van der Waals surface area contributed by atoms with Crippen LogP contribution >= 0.6 is 0 Å². The first-order valence-corrected chi connectivity index (χ1v) is 5.64. The first-order valence-electron chi connectivity index (χ1n) is 5.64. The Hall–Kier alpha value is -1.31. The second-order valence-corrected chi connectivity index (χ2v) is 3.76. The quantitative estimate of drug-likeness (QED) is 0.690. The van der Waals surface area contributed by atoms with Gasteiger partial charge in [0.2, 0.25) is 5.76 Å². The monoisotopic (exact) mass is 222 g/mol. The van der Waals surface area contributed by atoms with Gasteiger partial charge in [-0.2, -0.15) is 5.26 Å². The molecule has 1 atom stereocenters. The molecule has 1 heterocycles. The van der Waals surface area contributed by atoms with Gasteiger partial charge >= 0.3 is 0 Å². The molecule has 0 spiro atoms. The van der Waals surface area contributed by atoms with Crippen molar-refractivity contribution in [2.24, 2.45) is 0 Å². The second-order valence-electron chi connectivity index (χ2n) is 3.76. The van der Waals surface area contributed by atoms with Gasteiger partial charge in [0.15, 0.2) is 0 Å². The first kappa shape index (κ1) is 12.8.